The Kier molecular flexibility index (Phi) is 4.75. The number of hydrogen-bond donors (Lipinski definition) is 2. The Bertz CT molecular complexity index is 1530. The highest BCUT2D eigenvalue weighted by Gasteiger charge is 2.33. The molecule has 1 aliphatic heterocycles. The Morgan fingerprint density at radius 1 is 1.12 bits per heavy atom. The number of anilines is 1. The Labute approximate surface area is 194 Å². The van der Waals surface area contributed by atoms with E-state index in [1.165, 1.54) is 11.3 Å². The van der Waals surface area contributed by atoms with Crippen molar-refractivity contribution >= 4 is 43.6 Å². The van der Waals surface area contributed by atoms with Crippen LogP contribution in [0.25, 0.3) is 27.8 Å². The fraction of sp³-hybridized carbons (Fsp3) is 0.217. The number of H-pyrrole nitrogens is 1. The summed E-state index contributed by atoms with van der Waals surface area (Å²) in [4.78, 5) is 12.8. The molecule has 4 aromatic heterocycles. The predicted octanol–water partition coefficient (Wildman–Crippen LogP) is 4.09. The van der Waals surface area contributed by atoms with Crippen LogP contribution in [0.1, 0.15) is 24.6 Å². The van der Waals surface area contributed by atoms with Crippen LogP contribution in [0.5, 0.6) is 0 Å². The number of piperidine rings is 1. The number of para-hydroxylation sites is 1. The summed E-state index contributed by atoms with van der Waals surface area (Å²) in [6.07, 6.45) is 4.95. The fourth-order valence-corrected chi connectivity index (χ4v) is 7.27. The van der Waals surface area contributed by atoms with Gasteiger partial charge >= 0.3 is 0 Å². The van der Waals surface area contributed by atoms with Gasteiger partial charge in [0, 0.05) is 42.3 Å². The van der Waals surface area contributed by atoms with E-state index in [9.17, 15) is 8.42 Å². The largest absolute Gasteiger partial charge is 0.382 e. The second-order valence-electron chi connectivity index (χ2n) is 8.23. The molecule has 168 valence electrons. The van der Waals surface area contributed by atoms with E-state index in [-0.39, 0.29) is 5.92 Å². The van der Waals surface area contributed by atoms with Gasteiger partial charge in [-0.1, -0.05) is 24.3 Å². The van der Waals surface area contributed by atoms with Crippen molar-refractivity contribution in [3.05, 3.63) is 66.1 Å². The summed E-state index contributed by atoms with van der Waals surface area (Å²) in [5.74, 6) is 1.43. The van der Waals surface area contributed by atoms with Crippen LogP contribution in [0.2, 0.25) is 0 Å². The molecule has 1 saturated heterocycles. The molecule has 0 amide bonds. The van der Waals surface area contributed by atoms with Crippen molar-refractivity contribution in [1.29, 1.82) is 0 Å². The number of rotatable bonds is 4. The Morgan fingerprint density at radius 3 is 2.70 bits per heavy atom. The second kappa shape index (κ2) is 7.68. The summed E-state index contributed by atoms with van der Waals surface area (Å²) >= 11 is 1.26. The summed E-state index contributed by atoms with van der Waals surface area (Å²) in [6.45, 7) is 0.921. The third-order valence-corrected chi connectivity index (χ3v) is 9.58. The number of hydrogen-bond acceptors (Lipinski definition) is 6. The maximum atomic E-state index is 12.9. The van der Waals surface area contributed by atoms with Gasteiger partial charge in [0.1, 0.15) is 27.1 Å². The van der Waals surface area contributed by atoms with Crippen LogP contribution < -0.4 is 5.73 Å². The minimum absolute atomic E-state index is 0.118. The number of imidazole rings is 1. The predicted molar refractivity (Wildman–Crippen MR) is 130 cm³/mol. The average molecular weight is 479 g/mol. The van der Waals surface area contributed by atoms with Gasteiger partial charge < -0.3 is 10.7 Å². The number of benzene rings is 1. The van der Waals surface area contributed by atoms with Crippen LogP contribution >= 0.6 is 11.3 Å². The lowest BCUT2D eigenvalue weighted by Crippen LogP contribution is -2.37. The van der Waals surface area contributed by atoms with Gasteiger partial charge in [0.15, 0.2) is 0 Å². The van der Waals surface area contributed by atoms with Crippen LogP contribution in [0.15, 0.2) is 64.4 Å². The minimum Gasteiger partial charge on any atom is -0.382 e. The molecule has 1 aromatic carbocycles. The first-order chi connectivity index (χ1) is 16.0. The van der Waals surface area contributed by atoms with Crippen LogP contribution in [0.4, 0.5) is 5.82 Å². The van der Waals surface area contributed by atoms with Gasteiger partial charge in [-0.05, 0) is 36.4 Å². The molecule has 0 atom stereocenters. The van der Waals surface area contributed by atoms with Crippen LogP contribution in [0.3, 0.4) is 0 Å². The fourth-order valence-electron chi connectivity index (χ4n) is 4.66. The number of aromatic amines is 1. The lowest BCUT2D eigenvalue weighted by molar-refractivity contribution is 0.313. The lowest BCUT2D eigenvalue weighted by Gasteiger charge is -2.30. The molecule has 0 radical (unpaired) electrons. The number of sulfonamides is 1. The van der Waals surface area contributed by atoms with Crippen molar-refractivity contribution in [2.75, 3.05) is 18.8 Å². The number of nitrogen functional groups attached to an aromatic ring is 1. The van der Waals surface area contributed by atoms with Gasteiger partial charge in [-0.25, -0.2) is 18.4 Å². The second-order valence-corrected chi connectivity index (χ2v) is 11.3. The maximum Gasteiger partial charge on any atom is 0.252 e. The molecule has 0 unspecified atom stereocenters. The molecule has 6 rings (SSSR count). The van der Waals surface area contributed by atoms with E-state index in [0.29, 0.717) is 36.0 Å². The van der Waals surface area contributed by atoms with Crippen molar-refractivity contribution < 1.29 is 8.42 Å². The number of nitrogens with zero attached hydrogens (tertiary/aromatic N) is 4. The van der Waals surface area contributed by atoms with Crippen LogP contribution in [-0.4, -0.2) is 45.2 Å². The number of nitrogens with two attached hydrogens (primary N) is 1. The van der Waals surface area contributed by atoms with Crippen LogP contribution in [0, 0.1) is 0 Å². The first-order valence-electron chi connectivity index (χ1n) is 10.8. The molecule has 0 bridgehead atoms. The Hall–Kier alpha value is -3.21. The molecule has 5 heterocycles. The van der Waals surface area contributed by atoms with E-state index in [4.69, 9.17) is 10.7 Å². The molecule has 1 fully saturated rings. The molecule has 33 heavy (non-hydrogen) atoms. The highest BCUT2D eigenvalue weighted by molar-refractivity contribution is 7.91. The van der Waals surface area contributed by atoms with Gasteiger partial charge in [-0.15, -0.1) is 11.3 Å². The summed E-state index contributed by atoms with van der Waals surface area (Å²) in [5.41, 5.74) is 9.75. The molecular weight excluding hydrogens is 456 g/mol. The number of nitrogens with one attached hydrogen (secondary N) is 1. The molecular formula is C23H22N6O2S2. The normalized spacial score (nSPS) is 16.1. The quantitative estimate of drug-likeness (QED) is 0.404. The Balaban J connectivity index is 1.36. The highest BCUT2D eigenvalue weighted by atomic mass is 32.2. The van der Waals surface area contributed by atoms with E-state index in [2.05, 4.69) is 22.1 Å². The SMILES string of the molecule is Nc1nccn2c(C3CCN(S(=O)(=O)c4cccs4)CC3)nc(-c3cc4ccccc4[nH]3)c12. The van der Waals surface area contributed by atoms with E-state index in [0.717, 1.165) is 33.6 Å². The molecule has 1 aliphatic rings. The number of thiophene rings is 1. The Morgan fingerprint density at radius 2 is 1.94 bits per heavy atom. The summed E-state index contributed by atoms with van der Waals surface area (Å²) in [7, 11) is -3.44. The van der Waals surface area contributed by atoms with E-state index in [1.807, 2.05) is 28.8 Å². The zero-order chi connectivity index (χ0) is 22.6. The summed E-state index contributed by atoms with van der Waals surface area (Å²) in [5, 5.41) is 2.89. The van der Waals surface area contributed by atoms with Crippen molar-refractivity contribution in [3.63, 3.8) is 0 Å². The van der Waals surface area contributed by atoms with Crippen LogP contribution in [-0.2, 0) is 10.0 Å². The van der Waals surface area contributed by atoms with E-state index < -0.39 is 10.0 Å². The van der Waals surface area contributed by atoms with E-state index >= 15 is 0 Å². The number of fused-ring (bicyclic) bond motifs is 2. The first-order valence-corrected chi connectivity index (χ1v) is 13.1. The summed E-state index contributed by atoms with van der Waals surface area (Å²) < 4.78 is 29.8. The average Bonchev–Trinajstić information content (AvgIpc) is 3.57. The van der Waals surface area contributed by atoms with Gasteiger partial charge in [-0.3, -0.25) is 4.40 Å². The molecule has 0 saturated carbocycles. The minimum atomic E-state index is -3.44. The topological polar surface area (TPSA) is 109 Å². The molecule has 0 aliphatic carbocycles. The lowest BCUT2D eigenvalue weighted by atomic mass is 9.97. The molecule has 5 aromatic rings. The number of aromatic nitrogens is 4. The van der Waals surface area contributed by atoms with Crippen molar-refractivity contribution in [3.8, 4) is 11.4 Å². The standard InChI is InChI=1S/C23H22N6O2S2/c24-22-21-20(18-14-16-4-1-2-5-17(16)26-18)27-23(29(21)12-9-25-22)15-7-10-28(11-8-15)33(30,31)19-6-3-13-32-19/h1-6,9,12-15,26H,7-8,10-11H2,(H2,24,25). The molecule has 0 spiro atoms. The van der Waals surface area contributed by atoms with E-state index in [1.54, 1.807) is 28.0 Å². The third-order valence-electron chi connectivity index (χ3n) is 6.30. The van der Waals surface area contributed by atoms with Crippen molar-refractivity contribution in [2.45, 2.75) is 23.0 Å². The van der Waals surface area contributed by atoms with Crippen molar-refractivity contribution in [2.24, 2.45) is 0 Å². The van der Waals surface area contributed by atoms with Gasteiger partial charge in [0.05, 0.1) is 5.69 Å². The van der Waals surface area contributed by atoms with Gasteiger partial charge in [-0.2, -0.15) is 4.31 Å². The molecule has 8 nitrogen and oxygen atoms in total. The highest BCUT2D eigenvalue weighted by Crippen LogP contribution is 2.36. The maximum absolute atomic E-state index is 12.9. The molecule has 10 heteroatoms. The van der Waals surface area contributed by atoms with Gasteiger partial charge in [0.25, 0.3) is 10.0 Å². The monoisotopic (exact) mass is 478 g/mol. The van der Waals surface area contributed by atoms with Gasteiger partial charge in [0.2, 0.25) is 0 Å². The molecule has 3 N–H and O–H groups in total. The summed E-state index contributed by atoms with van der Waals surface area (Å²) in [6, 6.07) is 13.6. The first kappa shape index (κ1) is 20.4. The third kappa shape index (κ3) is 3.33. The zero-order valence-electron chi connectivity index (χ0n) is 17.7. The smallest absolute Gasteiger partial charge is 0.252 e. The zero-order valence-corrected chi connectivity index (χ0v) is 19.3. The van der Waals surface area contributed by atoms with Crippen molar-refractivity contribution in [1.82, 2.24) is 23.7 Å².